The Kier molecular flexibility index (Phi) is 10.3. The van der Waals surface area contributed by atoms with Crippen LogP contribution in [0.15, 0.2) is 30.3 Å². The molecule has 2 rings (SSSR count). The van der Waals surface area contributed by atoms with Crippen LogP contribution in [0.2, 0.25) is 0 Å². The summed E-state index contributed by atoms with van der Waals surface area (Å²) in [6.45, 7) is 5.81. The third kappa shape index (κ3) is 8.18. The highest BCUT2D eigenvalue weighted by Crippen LogP contribution is 2.23. The molecular formula is C23H34N2O5S. The average Bonchev–Trinajstić information content (AvgIpc) is 2.85. The molecule has 1 saturated heterocycles. The van der Waals surface area contributed by atoms with E-state index in [4.69, 9.17) is 4.74 Å². The van der Waals surface area contributed by atoms with Gasteiger partial charge in [-0.2, -0.15) is 11.8 Å². The monoisotopic (exact) mass is 450 g/mol. The van der Waals surface area contributed by atoms with Crippen LogP contribution < -0.4 is 5.32 Å². The van der Waals surface area contributed by atoms with Crippen LogP contribution in [0.5, 0.6) is 0 Å². The van der Waals surface area contributed by atoms with Crippen LogP contribution in [0, 0.1) is 5.92 Å². The molecule has 8 heteroatoms. The predicted octanol–water partition coefficient (Wildman–Crippen LogP) is 2.58. The molecule has 7 nitrogen and oxygen atoms in total. The molecule has 0 bridgehead atoms. The minimum atomic E-state index is -1.03. The first-order valence-electron chi connectivity index (χ1n) is 10.9. The summed E-state index contributed by atoms with van der Waals surface area (Å²) >= 11 is 1.62. The fourth-order valence-electron chi connectivity index (χ4n) is 3.79. The van der Waals surface area contributed by atoms with Gasteiger partial charge in [0.2, 0.25) is 5.91 Å². The second kappa shape index (κ2) is 12.7. The summed E-state index contributed by atoms with van der Waals surface area (Å²) in [5.41, 5.74) is 1.10. The number of carboxylic acid groups (broad SMARTS) is 1. The number of thioether (sulfide) groups is 1. The Labute approximate surface area is 188 Å². The van der Waals surface area contributed by atoms with Gasteiger partial charge in [0.15, 0.2) is 0 Å². The fourth-order valence-corrected chi connectivity index (χ4v) is 4.98. The van der Waals surface area contributed by atoms with Crippen LogP contribution in [0.4, 0.5) is 0 Å². The van der Waals surface area contributed by atoms with Gasteiger partial charge in [0.25, 0.3) is 0 Å². The lowest BCUT2D eigenvalue weighted by atomic mass is 10.0. The largest absolute Gasteiger partial charge is 0.480 e. The zero-order valence-corrected chi connectivity index (χ0v) is 19.4. The van der Waals surface area contributed by atoms with Crippen molar-refractivity contribution in [3.63, 3.8) is 0 Å². The Bertz CT molecular complexity index is 728. The molecule has 1 aliphatic heterocycles. The molecule has 0 saturated carbocycles. The van der Waals surface area contributed by atoms with Gasteiger partial charge in [-0.25, -0.2) is 0 Å². The van der Waals surface area contributed by atoms with Gasteiger partial charge >= 0.3 is 11.9 Å². The molecule has 0 spiro atoms. The zero-order chi connectivity index (χ0) is 22.8. The van der Waals surface area contributed by atoms with Gasteiger partial charge < -0.3 is 14.7 Å². The van der Waals surface area contributed by atoms with Gasteiger partial charge in [-0.05, 0) is 37.7 Å². The molecule has 172 valence electrons. The smallest absolute Gasteiger partial charge is 0.323 e. The Hall–Kier alpha value is -2.06. The van der Waals surface area contributed by atoms with E-state index in [-0.39, 0.29) is 31.1 Å². The average molecular weight is 451 g/mol. The first kappa shape index (κ1) is 25.2. The summed E-state index contributed by atoms with van der Waals surface area (Å²) in [6, 6.07) is 8.44. The molecule has 0 aliphatic carbocycles. The van der Waals surface area contributed by atoms with Crippen LogP contribution in [0.25, 0.3) is 0 Å². The lowest BCUT2D eigenvalue weighted by molar-refractivity contribution is -0.149. The number of nitrogens with one attached hydrogen (secondary N) is 1. The Morgan fingerprint density at radius 3 is 2.58 bits per heavy atom. The van der Waals surface area contributed by atoms with Crippen molar-refractivity contribution in [3.05, 3.63) is 35.9 Å². The molecule has 3 unspecified atom stereocenters. The van der Waals surface area contributed by atoms with Gasteiger partial charge in [-0.15, -0.1) is 0 Å². The summed E-state index contributed by atoms with van der Waals surface area (Å²) in [4.78, 5) is 38.8. The summed E-state index contributed by atoms with van der Waals surface area (Å²) in [5.74, 6) is -0.152. The Morgan fingerprint density at radius 1 is 1.26 bits per heavy atom. The number of aliphatic carboxylic acids is 1. The Morgan fingerprint density at radius 2 is 1.97 bits per heavy atom. The van der Waals surface area contributed by atoms with Crippen LogP contribution >= 0.6 is 11.8 Å². The van der Waals surface area contributed by atoms with Crippen molar-refractivity contribution in [1.29, 1.82) is 0 Å². The third-order valence-corrected chi connectivity index (χ3v) is 6.39. The minimum Gasteiger partial charge on any atom is -0.480 e. The third-order valence-electron chi connectivity index (χ3n) is 5.20. The first-order chi connectivity index (χ1) is 14.8. The van der Waals surface area contributed by atoms with Crippen LogP contribution in [0.3, 0.4) is 0 Å². The zero-order valence-electron chi connectivity index (χ0n) is 18.6. The summed E-state index contributed by atoms with van der Waals surface area (Å²) in [5, 5.41) is 12.6. The number of carbonyl (C=O) groups excluding carboxylic acids is 2. The highest BCUT2D eigenvalue weighted by molar-refractivity contribution is 7.99. The maximum atomic E-state index is 13.3. The normalized spacial score (nSPS) is 20.4. The van der Waals surface area contributed by atoms with Gasteiger partial charge in [0.1, 0.15) is 12.6 Å². The molecule has 0 aromatic heterocycles. The molecule has 1 aromatic carbocycles. The van der Waals surface area contributed by atoms with Crippen molar-refractivity contribution in [2.75, 3.05) is 24.7 Å². The molecular weight excluding hydrogens is 416 g/mol. The van der Waals surface area contributed by atoms with Crippen LogP contribution in [-0.2, 0) is 25.5 Å². The molecule has 3 atom stereocenters. The number of esters is 1. The second-order valence-corrected chi connectivity index (χ2v) is 9.30. The quantitative estimate of drug-likeness (QED) is 0.500. The minimum absolute atomic E-state index is 0.134. The Balaban J connectivity index is 2.15. The number of aryl methyl sites for hydroxylation is 1. The second-order valence-electron chi connectivity index (χ2n) is 8.23. The van der Waals surface area contributed by atoms with Gasteiger partial charge in [-0.1, -0.05) is 44.2 Å². The van der Waals surface area contributed by atoms with Gasteiger partial charge in [-0.3, -0.25) is 19.7 Å². The van der Waals surface area contributed by atoms with E-state index in [9.17, 15) is 19.5 Å². The lowest BCUT2D eigenvalue weighted by Crippen LogP contribution is -2.55. The van der Waals surface area contributed by atoms with E-state index < -0.39 is 18.1 Å². The number of amides is 1. The van der Waals surface area contributed by atoms with Crippen molar-refractivity contribution in [1.82, 2.24) is 10.2 Å². The van der Waals surface area contributed by atoms with Crippen LogP contribution in [-0.4, -0.2) is 70.6 Å². The maximum absolute atomic E-state index is 13.3. The number of hydrogen-bond acceptors (Lipinski definition) is 6. The number of hydrogen-bond donors (Lipinski definition) is 2. The molecule has 2 N–H and O–H groups in total. The fraction of sp³-hybridized carbons (Fsp3) is 0.609. The first-order valence-corrected chi connectivity index (χ1v) is 12.0. The van der Waals surface area contributed by atoms with Crippen molar-refractivity contribution >= 4 is 29.6 Å². The number of benzene rings is 1. The van der Waals surface area contributed by atoms with Crippen molar-refractivity contribution in [3.8, 4) is 0 Å². The number of carboxylic acids is 1. The molecule has 1 amide bonds. The van der Waals surface area contributed by atoms with E-state index in [2.05, 4.69) is 19.2 Å². The molecule has 1 fully saturated rings. The molecule has 1 heterocycles. The van der Waals surface area contributed by atoms with Crippen molar-refractivity contribution < 1.29 is 24.2 Å². The summed E-state index contributed by atoms with van der Waals surface area (Å²) < 4.78 is 5.24. The number of nitrogens with zero attached hydrogens (tertiary/aromatic N) is 1. The highest BCUT2D eigenvalue weighted by atomic mass is 32.2. The van der Waals surface area contributed by atoms with Gasteiger partial charge in [0, 0.05) is 17.5 Å². The summed E-state index contributed by atoms with van der Waals surface area (Å²) in [6.07, 6.45) is 1.90. The lowest BCUT2D eigenvalue weighted by Gasteiger charge is -2.32. The SMILES string of the molecule is CCOC(=O)C(CCc1ccccc1)NC1CSCC(CC(C)C)N(CC(=O)O)C1=O. The van der Waals surface area contributed by atoms with E-state index in [1.54, 1.807) is 18.7 Å². The number of carbonyl (C=O) groups is 3. The highest BCUT2D eigenvalue weighted by Gasteiger charge is 2.36. The van der Waals surface area contributed by atoms with Crippen molar-refractivity contribution in [2.24, 2.45) is 5.92 Å². The van der Waals surface area contributed by atoms with E-state index in [1.165, 1.54) is 4.90 Å². The number of rotatable bonds is 11. The molecule has 0 radical (unpaired) electrons. The van der Waals surface area contributed by atoms with Gasteiger partial charge in [0.05, 0.1) is 12.6 Å². The van der Waals surface area contributed by atoms with Crippen molar-refractivity contribution in [2.45, 2.75) is 58.2 Å². The molecule has 1 aliphatic rings. The van der Waals surface area contributed by atoms with E-state index in [0.717, 1.165) is 12.0 Å². The summed E-state index contributed by atoms with van der Waals surface area (Å²) in [7, 11) is 0. The van der Waals surface area contributed by atoms with E-state index in [1.807, 2.05) is 30.3 Å². The predicted molar refractivity (Wildman–Crippen MR) is 122 cm³/mol. The molecule has 1 aromatic rings. The van der Waals surface area contributed by atoms with E-state index >= 15 is 0 Å². The maximum Gasteiger partial charge on any atom is 0.323 e. The molecule has 31 heavy (non-hydrogen) atoms. The topological polar surface area (TPSA) is 95.9 Å². The van der Waals surface area contributed by atoms with Crippen LogP contribution in [0.1, 0.15) is 39.2 Å². The number of ether oxygens (including phenoxy) is 1. The van der Waals surface area contributed by atoms with E-state index in [0.29, 0.717) is 30.3 Å². The standard InChI is InChI=1S/C23H34N2O5S/c1-4-30-23(29)19(11-10-17-8-6-5-7-9-17)24-20-15-31-14-18(12-16(2)3)25(22(20)28)13-21(26)27/h5-9,16,18-20,24H,4,10-15H2,1-3H3,(H,26,27).